The van der Waals surface area contributed by atoms with Crippen LogP contribution in [0.4, 0.5) is 0 Å². The Morgan fingerprint density at radius 2 is 2.16 bits per heavy atom. The summed E-state index contributed by atoms with van der Waals surface area (Å²) in [5.74, 6) is 0.780. The Morgan fingerprint density at radius 1 is 1.37 bits per heavy atom. The average Bonchev–Trinajstić information content (AvgIpc) is 2.76. The van der Waals surface area contributed by atoms with Crippen LogP contribution in [0.2, 0.25) is 0 Å². The summed E-state index contributed by atoms with van der Waals surface area (Å²) in [5.41, 5.74) is 0.311. The predicted octanol–water partition coefficient (Wildman–Crippen LogP) is 1.36. The number of hydrogen-bond donors (Lipinski definition) is 2. The van der Waals surface area contributed by atoms with E-state index in [1.54, 1.807) is 12.4 Å². The van der Waals surface area contributed by atoms with Crippen molar-refractivity contribution in [2.75, 3.05) is 6.54 Å². The van der Waals surface area contributed by atoms with E-state index < -0.39 is 0 Å². The molecule has 0 aliphatic heterocycles. The summed E-state index contributed by atoms with van der Waals surface area (Å²) >= 11 is 0. The molecule has 0 aromatic carbocycles. The maximum Gasteiger partial charge on any atom is 0.253 e. The zero-order chi connectivity index (χ0) is 13.9. The second-order valence-electron chi connectivity index (χ2n) is 5.35. The molecule has 102 valence electrons. The third kappa shape index (κ3) is 3.75. The van der Waals surface area contributed by atoms with Crippen LogP contribution >= 0.6 is 0 Å². The first-order chi connectivity index (χ1) is 8.96. The summed E-state index contributed by atoms with van der Waals surface area (Å²) in [4.78, 5) is 14.4. The van der Waals surface area contributed by atoms with Gasteiger partial charge in [0.15, 0.2) is 5.43 Å². The topological polar surface area (TPSA) is 83.8 Å². The summed E-state index contributed by atoms with van der Waals surface area (Å²) in [6, 6.07) is 1.43. The maximum atomic E-state index is 11.6. The van der Waals surface area contributed by atoms with Crippen molar-refractivity contribution in [3.05, 3.63) is 34.6 Å². The number of nitrogens with zero attached hydrogens (tertiary/aromatic N) is 2. The molecule has 0 amide bonds. The van der Waals surface area contributed by atoms with Gasteiger partial charge in [0.05, 0.1) is 0 Å². The van der Waals surface area contributed by atoms with Crippen molar-refractivity contribution in [2.24, 2.45) is 0 Å². The molecule has 2 N–H and O–H groups in total. The van der Waals surface area contributed by atoms with Crippen LogP contribution in [0.15, 0.2) is 27.7 Å². The largest absolute Gasteiger partial charge is 0.420 e. The summed E-state index contributed by atoms with van der Waals surface area (Å²) in [5, 5.41) is 11.2. The predicted molar refractivity (Wildman–Crippen MR) is 71.8 cm³/mol. The second kappa shape index (κ2) is 5.36. The van der Waals surface area contributed by atoms with Crippen molar-refractivity contribution < 1.29 is 4.42 Å². The second-order valence-corrected chi connectivity index (χ2v) is 5.35. The number of H-pyrrole nitrogens is 1. The van der Waals surface area contributed by atoms with Crippen LogP contribution in [-0.4, -0.2) is 27.3 Å². The van der Waals surface area contributed by atoms with Crippen LogP contribution in [0.3, 0.4) is 0 Å². The van der Waals surface area contributed by atoms with Crippen molar-refractivity contribution >= 4 is 0 Å². The van der Waals surface area contributed by atoms with Crippen LogP contribution in [0.5, 0.6) is 0 Å². The van der Waals surface area contributed by atoms with Gasteiger partial charge in [-0.1, -0.05) is 0 Å². The number of hydrogen-bond acceptors (Lipinski definition) is 5. The van der Waals surface area contributed by atoms with E-state index in [1.807, 2.05) is 0 Å². The molecule has 0 spiro atoms. The molecule has 0 radical (unpaired) electrons. The molecular formula is C13H18N4O2. The van der Waals surface area contributed by atoms with E-state index in [4.69, 9.17) is 4.42 Å². The van der Waals surface area contributed by atoms with Gasteiger partial charge in [-0.2, -0.15) is 0 Å². The first-order valence-electron chi connectivity index (χ1n) is 6.20. The fourth-order valence-electron chi connectivity index (χ4n) is 1.59. The van der Waals surface area contributed by atoms with E-state index in [9.17, 15) is 4.79 Å². The fraction of sp³-hybridized carbons (Fsp3) is 0.462. The van der Waals surface area contributed by atoms with Crippen LogP contribution in [0.25, 0.3) is 11.5 Å². The molecule has 0 bridgehead atoms. The smallest absolute Gasteiger partial charge is 0.253 e. The van der Waals surface area contributed by atoms with E-state index in [0.29, 0.717) is 17.9 Å². The molecule has 0 unspecified atom stereocenters. The van der Waals surface area contributed by atoms with Gasteiger partial charge in [-0.25, -0.2) is 0 Å². The molecule has 0 saturated carbocycles. The molecule has 2 heterocycles. The number of pyridine rings is 1. The molecule has 2 aromatic rings. The lowest BCUT2D eigenvalue weighted by atomic mass is 10.1. The van der Waals surface area contributed by atoms with Crippen molar-refractivity contribution in [3.8, 4) is 11.5 Å². The Kier molecular flexibility index (Phi) is 3.80. The minimum absolute atomic E-state index is 0.0550. The highest BCUT2D eigenvalue weighted by atomic mass is 16.4. The number of rotatable bonds is 4. The number of aromatic nitrogens is 3. The molecule has 6 heteroatoms. The van der Waals surface area contributed by atoms with E-state index >= 15 is 0 Å². The summed E-state index contributed by atoms with van der Waals surface area (Å²) in [6.45, 7) is 7.03. The Morgan fingerprint density at radius 3 is 2.84 bits per heavy atom. The standard InChI is InChI=1S/C13H18N4O2/c1-13(2,3)15-7-5-11-16-17-12(19-11)9-8-14-6-4-10(9)18/h4,6,8,15H,5,7H2,1-3H3,(H,14,18). The molecule has 0 aliphatic carbocycles. The molecule has 6 nitrogen and oxygen atoms in total. The fourth-order valence-corrected chi connectivity index (χ4v) is 1.59. The van der Waals surface area contributed by atoms with Gasteiger partial charge in [-0.3, -0.25) is 4.79 Å². The van der Waals surface area contributed by atoms with Crippen molar-refractivity contribution in [2.45, 2.75) is 32.7 Å². The third-order valence-corrected chi connectivity index (χ3v) is 2.52. The minimum atomic E-state index is -0.137. The average molecular weight is 262 g/mol. The first kappa shape index (κ1) is 13.5. The zero-order valence-corrected chi connectivity index (χ0v) is 11.4. The molecule has 19 heavy (non-hydrogen) atoms. The van der Waals surface area contributed by atoms with Crippen molar-refractivity contribution in [3.63, 3.8) is 0 Å². The number of nitrogens with one attached hydrogen (secondary N) is 2. The highest BCUT2D eigenvalue weighted by Gasteiger charge is 2.13. The van der Waals surface area contributed by atoms with Gasteiger partial charge in [-0.05, 0) is 20.8 Å². The molecule has 2 aromatic heterocycles. The molecule has 0 atom stereocenters. The van der Waals surface area contributed by atoms with Gasteiger partial charge in [0.2, 0.25) is 5.89 Å². The quantitative estimate of drug-likeness (QED) is 0.869. The highest BCUT2D eigenvalue weighted by Crippen LogP contribution is 2.12. The lowest BCUT2D eigenvalue weighted by molar-refractivity contribution is 0.411. The highest BCUT2D eigenvalue weighted by molar-refractivity contribution is 5.49. The first-order valence-corrected chi connectivity index (χ1v) is 6.20. The molecule has 0 fully saturated rings. The Balaban J connectivity index is 2.04. The van der Waals surface area contributed by atoms with Gasteiger partial charge in [0.25, 0.3) is 5.89 Å². The van der Waals surface area contributed by atoms with E-state index in [1.165, 1.54) is 6.07 Å². The van der Waals surface area contributed by atoms with Crippen molar-refractivity contribution in [1.29, 1.82) is 0 Å². The van der Waals surface area contributed by atoms with Crippen molar-refractivity contribution in [1.82, 2.24) is 20.5 Å². The van der Waals surface area contributed by atoms with Gasteiger partial charge in [0, 0.05) is 37.0 Å². The van der Waals surface area contributed by atoms with E-state index in [2.05, 4.69) is 41.3 Å². The lowest BCUT2D eigenvalue weighted by Gasteiger charge is -2.19. The minimum Gasteiger partial charge on any atom is -0.420 e. The summed E-state index contributed by atoms with van der Waals surface area (Å²) in [6.07, 6.45) is 3.76. The molecular weight excluding hydrogens is 244 g/mol. The normalized spacial score (nSPS) is 11.7. The SMILES string of the molecule is CC(C)(C)NCCc1nnc(-c2c[nH]ccc2=O)o1. The van der Waals surface area contributed by atoms with Crippen LogP contribution in [-0.2, 0) is 6.42 Å². The Hall–Kier alpha value is -1.95. The molecule has 0 aliphatic rings. The molecule has 2 rings (SSSR count). The van der Waals surface area contributed by atoms with Crippen LogP contribution < -0.4 is 10.7 Å². The van der Waals surface area contributed by atoms with Gasteiger partial charge in [0.1, 0.15) is 5.56 Å². The molecule has 0 saturated heterocycles. The summed E-state index contributed by atoms with van der Waals surface area (Å²) < 4.78 is 5.48. The monoisotopic (exact) mass is 262 g/mol. The van der Waals surface area contributed by atoms with Gasteiger partial charge in [-0.15, -0.1) is 10.2 Å². The Bertz CT molecular complexity index is 595. The van der Waals surface area contributed by atoms with E-state index in [-0.39, 0.29) is 16.9 Å². The van der Waals surface area contributed by atoms with Gasteiger partial charge >= 0.3 is 0 Å². The van der Waals surface area contributed by atoms with Gasteiger partial charge < -0.3 is 14.7 Å². The van der Waals surface area contributed by atoms with Crippen LogP contribution in [0, 0.1) is 0 Å². The van der Waals surface area contributed by atoms with E-state index in [0.717, 1.165) is 6.54 Å². The maximum absolute atomic E-state index is 11.6. The summed E-state index contributed by atoms with van der Waals surface area (Å²) in [7, 11) is 0. The Labute approximate surface area is 111 Å². The van der Waals surface area contributed by atoms with Crippen LogP contribution in [0.1, 0.15) is 26.7 Å². The number of aromatic amines is 1. The third-order valence-electron chi connectivity index (χ3n) is 2.52. The lowest BCUT2D eigenvalue weighted by Crippen LogP contribution is -2.37. The zero-order valence-electron chi connectivity index (χ0n) is 11.4.